The van der Waals surface area contributed by atoms with Crippen LogP contribution in [0.2, 0.25) is 0 Å². The van der Waals surface area contributed by atoms with Crippen molar-refractivity contribution in [2.45, 2.75) is 29.7 Å². The minimum Gasteiger partial charge on any atom is -0.355 e. The summed E-state index contributed by atoms with van der Waals surface area (Å²) in [6.45, 7) is 6.74. The number of benzene rings is 1. The summed E-state index contributed by atoms with van der Waals surface area (Å²) in [6, 6.07) is 14.3. The molecule has 0 unspecified atom stereocenters. The summed E-state index contributed by atoms with van der Waals surface area (Å²) in [5.74, 6) is 1.99. The Bertz CT molecular complexity index is 1080. The SMILES string of the molecule is Cc1ccc(Sc2ccc(N3CCC(C(=O)N4CCN(c5ncccn5)CC4)CC3)nn2)cc1. The molecule has 4 heterocycles. The highest BCUT2D eigenvalue weighted by molar-refractivity contribution is 7.99. The highest BCUT2D eigenvalue weighted by atomic mass is 32.2. The first-order chi connectivity index (χ1) is 16.7. The van der Waals surface area contributed by atoms with Gasteiger partial charge in [-0.1, -0.05) is 29.5 Å². The van der Waals surface area contributed by atoms with Gasteiger partial charge in [0.15, 0.2) is 5.82 Å². The molecular weight excluding hydrogens is 446 g/mol. The van der Waals surface area contributed by atoms with Crippen molar-refractivity contribution in [3.8, 4) is 0 Å². The van der Waals surface area contributed by atoms with Crippen molar-refractivity contribution in [1.29, 1.82) is 0 Å². The Labute approximate surface area is 204 Å². The zero-order valence-electron chi connectivity index (χ0n) is 19.4. The molecule has 0 N–H and O–H groups in total. The van der Waals surface area contributed by atoms with E-state index < -0.39 is 0 Å². The molecule has 0 radical (unpaired) electrons. The number of carbonyl (C=O) groups excluding carboxylic acids is 1. The lowest BCUT2D eigenvalue weighted by atomic mass is 9.95. The molecule has 0 saturated carbocycles. The van der Waals surface area contributed by atoms with E-state index in [4.69, 9.17) is 0 Å². The number of rotatable bonds is 5. The summed E-state index contributed by atoms with van der Waals surface area (Å²) in [4.78, 5) is 29.3. The predicted octanol–water partition coefficient (Wildman–Crippen LogP) is 3.29. The molecule has 176 valence electrons. The van der Waals surface area contributed by atoms with Gasteiger partial charge < -0.3 is 14.7 Å². The fourth-order valence-electron chi connectivity index (χ4n) is 4.46. The molecule has 0 bridgehead atoms. The standard InChI is InChI=1S/C25H29N7OS/c1-19-3-5-21(6-4-19)34-23-8-7-22(28-29-23)30-13-9-20(10-14-30)24(33)31-15-17-32(18-16-31)25-26-11-2-12-27-25/h2-8,11-12,20H,9-10,13-18H2,1H3. The first-order valence-corrected chi connectivity index (χ1v) is 12.6. The highest BCUT2D eigenvalue weighted by Gasteiger charge is 2.31. The largest absolute Gasteiger partial charge is 0.355 e. The van der Waals surface area contributed by atoms with Crippen molar-refractivity contribution in [2.24, 2.45) is 5.92 Å². The summed E-state index contributed by atoms with van der Waals surface area (Å²) >= 11 is 1.62. The maximum atomic E-state index is 13.1. The van der Waals surface area contributed by atoms with Crippen LogP contribution in [-0.4, -0.2) is 70.2 Å². The Morgan fingerprint density at radius 3 is 2.21 bits per heavy atom. The molecule has 34 heavy (non-hydrogen) atoms. The monoisotopic (exact) mass is 475 g/mol. The molecular formula is C25H29N7OS. The lowest BCUT2D eigenvalue weighted by Crippen LogP contribution is -2.52. The van der Waals surface area contributed by atoms with Crippen LogP contribution < -0.4 is 9.80 Å². The third-order valence-electron chi connectivity index (χ3n) is 6.46. The Balaban J connectivity index is 1.10. The van der Waals surface area contributed by atoms with Gasteiger partial charge in [-0.05, 0) is 50.1 Å². The average Bonchev–Trinajstić information content (AvgIpc) is 2.91. The molecule has 5 rings (SSSR count). The van der Waals surface area contributed by atoms with Crippen LogP contribution in [0.5, 0.6) is 0 Å². The van der Waals surface area contributed by atoms with E-state index in [1.54, 1.807) is 24.2 Å². The summed E-state index contributed by atoms with van der Waals surface area (Å²) in [5.41, 5.74) is 1.25. The highest BCUT2D eigenvalue weighted by Crippen LogP contribution is 2.28. The zero-order valence-corrected chi connectivity index (χ0v) is 20.2. The van der Waals surface area contributed by atoms with Crippen LogP contribution in [0.3, 0.4) is 0 Å². The molecule has 8 nitrogen and oxygen atoms in total. The summed E-state index contributed by atoms with van der Waals surface area (Å²) in [7, 11) is 0. The Morgan fingerprint density at radius 2 is 1.56 bits per heavy atom. The second-order valence-corrected chi connectivity index (χ2v) is 9.86. The molecule has 1 amide bonds. The molecule has 2 saturated heterocycles. The van der Waals surface area contributed by atoms with Crippen molar-refractivity contribution in [3.05, 3.63) is 60.4 Å². The van der Waals surface area contributed by atoms with Gasteiger partial charge in [0.1, 0.15) is 5.03 Å². The molecule has 0 spiro atoms. The number of piperazine rings is 1. The predicted molar refractivity (Wildman–Crippen MR) is 133 cm³/mol. The van der Waals surface area contributed by atoms with E-state index in [0.717, 1.165) is 73.8 Å². The lowest BCUT2D eigenvalue weighted by Gasteiger charge is -2.38. The maximum absolute atomic E-state index is 13.1. The number of carbonyl (C=O) groups is 1. The Kier molecular flexibility index (Phi) is 6.89. The third kappa shape index (κ3) is 5.30. The first kappa shape index (κ1) is 22.6. The normalized spacial score (nSPS) is 17.1. The van der Waals surface area contributed by atoms with E-state index in [-0.39, 0.29) is 11.8 Å². The first-order valence-electron chi connectivity index (χ1n) is 11.8. The van der Waals surface area contributed by atoms with Gasteiger partial charge in [0.2, 0.25) is 11.9 Å². The van der Waals surface area contributed by atoms with Gasteiger partial charge in [0, 0.05) is 62.5 Å². The molecule has 2 aliphatic rings. The summed E-state index contributed by atoms with van der Waals surface area (Å²) in [6.07, 6.45) is 5.22. The lowest BCUT2D eigenvalue weighted by molar-refractivity contribution is -0.136. The van der Waals surface area contributed by atoms with E-state index in [1.807, 2.05) is 23.1 Å². The topological polar surface area (TPSA) is 78.4 Å². The van der Waals surface area contributed by atoms with Crippen molar-refractivity contribution in [1.82, 2.24) is 25.1 Å². The van der Waals surface area contributed by atoms with Gasteiger partial charge in [-0.2, -0.15) is 0 Å². The number of hydrogen-bond donors (Lipinski definition) is 0. The van der Waals surface area contributed by atoms with E-state index in [9.17, 15) is 4.79 Å². The van der Waals surface area contributed by atoms with Crippen molar-refractivity contribution < 1.29 is 4.79 Å². The zero-order chi connectivity index (χ0) is 23.3. The molecule has 3 aromatic rings. The number of amides is 1. The third-order valence-corrected chi connectivity index (χ3v) is 7.40. The number of aryl methyl sites for hydroxylation is 1. The van der Waals surface area contributed by atoms with Gasteiger partial charge in [-0.15, -0.1) is 10.2 Å². The van der Waals surface area contributed by atoms with Gasteiger partial charge >= 0.3 is 0 Å². The van der Waals surface area contributed by atoms with Crippen LogP contribution in [0.15, 0.2) is 64.8 Å². The fraction of sp³-hybridized carbons (Fsp3) is 0.400. The van der Waals surface area contributed by atoms with Crippen LogP contribution in [-0.2, 0) is 4.79 Å². The maximum Gasteiger partial charge on any atom is 0.225 e. The van der Waals surface area contributed by atoms with Crippen molar-refractivity contribution >= 4 is 29.4 Å². The van der Waals surface area contributed by atoms with E-state index in [2.05, 4.69) is 61.2 Å². The second kappa shape index (κ2) is 10.4. The molecule has 1 aromatic carbocycles. The molecule has 2 aromatic heterocycles. The Morgan fingerprint density at radius 1 is 0.853 bits per heavy atom. The van der Waals surface area contributed by atoms with Crippen LogP contribution >= 0.6 is 11.8 Å². The van der Waals surface area contributed by atoms with Gasteiger partial charge in [0.05, 0.1) is 0 Å². The number of aromatic nitrogens is 4. The van der Waals surface area contributed by atoms with Gasteiger partial charge in [0.25, 0.3) is 0 Å². The van der Waals surface area contributed by atoms with E-state index >= 15 is 0 Å². The van der Waals surface area contributed by atoms with Gasteiger partial charge in [-0.25, -0.2) is 9.97 Å². The van der Waals surface area contributed by atoms with Crippen molar-refractivity contribution in [3.63, 3.8) is 0 Å². The minimum absolute atomic E-state index is 0.0834. The summed E-state index contributed by atoms with van der Waals surface area (Å²) < 4.78 is 0. The average molecular weight is 476 g/mol. The smallest absolute Gasteiger partial charge is 0.225 e. The minimum atomic E-state index is 0.0834. The van der Waals surface area contributed by atoms with Crippen LogP contribution in [0.4, 0.5) is 11.8 Å². The van der Waals surface area contributed by atoms with Crippen LogP contribution in [0, 0.1) is 12.8 Å². The number of nitrogens with zero attached hydrogens (tertiary/aromatic N) is 7. The Hall–Kier alpha value is -3.20. The number of piperidine rings is 1. The van der Waals surface area contributed by atoms with Crippen LogP contribution in [0.1, 0.15) is 18.4 Å². The molecule has 9 heteroatoms. The number of hydrogen-bond acceptors (Lipinski definition) is 8. The van der Waals surface area contributed by atoms with E-state index in [1.165, 1.54) is 5.56 Å². The molecule has 2 aliphatic heterocycles. The van der Waals surface area contributed by atoms with E-state index in [0.29, 0.717) is 0 Å². The second-order valence-electron chi connectivity index (χ2n) is 8.77. The van der Waals surface area contributed by atoms with Crippen molar-refractivity contribution in [2.75, 3.05) is 49.1 Å². The molecule has 2 fully saturated rings. The van der Waals surface area contributed by atoms with Gasteiger partial charge in [-0.3, -0.25) is 4.79 Å². The fourth-order valence-corrected chi connectivity index (χ4v) is 5.19. The molecule has 0 atom stereocenters. The molecule has 0 aliphatic carbocycles. The summed E-state index contributed by atoms with van der Waals surface area (Å²) in [5, 5.41) is 9.75. The van der Waals surface area contributed by atoms with Crippen LogP contribution in [0.25, 0.3) is 0 Å². The number of anilines is 2. The quantitative estimate of drug-likeness (QED) is 0.556.